The zero-order chi connectivity index (χ0) is 12.4. The molecule has 0 spiro atoms. The smallest absolute Gasteiger partial charge is 0.145 e. The zero-order valence-corrected chi connectivity index (χ0v) is 9.91. The van der Waals surface area contributed by atoms with Gasteiger partial charge in [-0.05, 0) is 12.1 Å². The first kappa shape index (κ1) is 11.7. The highest BCUT2D eigenvalue weighted by Crippen LogP contribution is 2.22. The number of benzene rings is 1. The van der Waals surface area contributed by atoms with Gasteiger partial charge in [-0.15, -0.1) is 0 Å². The fraction of sp³-hybridized carbons (Fsp3) is 0.182. The molecule has 6 heteroatoms. The summed E-state index contributed by atoms with van der Waals surface area (Å²) in [6.07, 6.45) is 0. The van der Waals surface area contributed by atoms with E-state index >= 15 is 0 Å². The lowest BCUT2D eigenvalue weighted by atomic mass is 10.3. The SMILES string of the molecule is Cn1nc(N)cc1COc1ccc(F)c(Cl)c1. The highest BCUT2D eigenvalue weighted by atomic mass is 35.5. The molecule has 2 aromatic rings. The van der Waals surface area contributed by atoms with E-state index in [0.717, 1.165) is 5.69 Å². The van der Waals surface area contributed by atoms with Crippen LogP contribution in [0.15, 0.2) is 24.3 Å². The molecule has 90 valence electrons. The molecule has 0 aliphatic carbocycles. The number of hydrogen-bond donors (Lipinski definition) is 1. The number of rotatable bonds is 3. The molecule has 0 aliphatic rings. The molecule has 0 aliphatic heterocycles. The summed E-state index contributed by atoms with van der Waals surface area (Å²) in [4.78, 5) is 0. The van der Waals surface area contributed by atoms with Crippen molar-refractivity contribution >= 4 is 17.4 Å². The Morgan fingerprint density at radius 3 is 2.82 bits per heavy atom. The van der Waals surface area contributed by atoms with Gasteiger partial charge in [0, 0.05) is 19.2 Å². The second-order valence-electron chi connectivity index (χ2n) is 3.55. The second-order valence-corrected chi connectivity index (χ2v) is 3.96. The Hall–Kier alpha value is -1.75. The molecular weight excluding hydrogens is 245 g/mol. The molecule has 1 aromatic carbocycles. The van der Waals surface area contributed by atoms with E-state index < -0.39 is 5.82 Å². The van der Waals surface area contributed by atoms with E-state index in [-0.39, 0.29) is 5.02 Å². The van der Waals surface area contributed by atoms with Crippen molar-refractivity contribution in [1.29, 1.82) is 0 Å². The van der Waals surface area contributed by atoms with E-state index in [1.807, 2.05) is 0 Å². The predicted molar refractivity (Wildman–Crippen MR) is 63.4 cm³/mol. The van der Waals surface area contributed by atoms with Gasteiger partial charge in [0.25, 0.3) is 0 Å². The summed E-state index contributed by atoms with van der Waals surface area (Å²) in [5.74, 6) is 0.461. The quantitative estimate of drug-likeness (QED) is 0.916. The van der Waals surface area contributed by atoms with E-state index in [1.165, 1.54) is 18.2 Å². The van der Waals surface area contributed by atoms with Crippen LogP contribution in [0.2, 0.25) is 5.02 Å². The van der Waals surface area contributed by atoms with Crippen LogP contribution in [0.1, 0.15) is 5.69 Å². The minimum absolute atomic E-state index is 0.0343. The highest BCUT2D eigenvalue weighted by Gasteiger charge is 2.05. The minimum Gasteiger partial charge on any atom is -0.487 e. The fourth-order valence-electron chi connectivity index (χ4n) is 1.39. The Morgan fingerprint density at radius 1 is 1.47 bits per heavy atom. The van der Waals surface area contributed by atoms with Crippen LogP contribution < -0.4 is 10.5 Å². The van der Waals surface area contributed by atoms with Crippen LogP contribution in [-0.2, 0) is 13.7 Å². The third-order valence-electron chi connectivity index (χ3n) is 2.27. The number of aromatic nitrogens is 2. The molecular formula is C11H11ClFN3O. The molecule has 0 amide bonds. The van der Waals surface area contributed by atoms with Gasteiger partial charge < -0.3 is 10.5 Å². The molecule has 17 heavy (non-hydrogen) atoms. The van der Waals surface area contributed by atoms with Crippen LogP contribution in [0.3, 0.4) is 0 Å². The molecule has 0 unspecified atom stereocenters. The maximum absolute atomic E-state index is 12.9. The van der Waals surface area contributed by atoms with Gasteiger partial charge in [-0.1, -0.05) is 11.6 Å². The van der Waals surface area contributed by atoms with Crippen LogP contribution in [0.5, 0.6) is 5.75 Å². The van der Waals surface area contributed by atoms with Gasteiger partial charge in [0.15, 0.2) is 0 Å². The first-order valence-electron chi connectivity index (χ1n) is 4.92. The Balaban J connectivity index is 2.07. The van der Waals surface area contributed by atoms with Crippen LogP contribution in [-0.4, -0.2) is 9.78 Å². The van der Waals surface area contributed by atoms with Gasteiger partial charge in [0.05, 0.1) is 10.7 Å². The molecule has 0 bridgehead atoms. The second kappa shape index (κ2) is 4.63. The third kappa shape index (κ3) is 2.68. The highest BCUT2D eigenvalue weighted by molar-refractivity contribution is 6.30. The van der Waals surface area contributed by atoms with E-state index in [4.69, 9.17) is 22.1 Å². The van der Waals surface area contributed by atoms with Gasteiger partial charge in [-0.2, -0.15) is 5.10 Å². The first-order chi connectivity index (χ1) is 8.06. The topological polar surface area (TPSA) is 53.1 Å². The van der Waals surface area contributed by atoms with E-state index in [2.05, 4.69) is 5.10 Å². The largest absolute Gasteiger partial charge is 0.487 e. The lowest BCUT2D eigenvalue weighted by Gasteiger charge is -2.06. The number of nitrogen functional groups attached to an aromatic ring is 1. The van der Waals surface area contributed by atoms with E-state index in [0.29, 0.717) is 18.2 Å². The van der Waals surface area contributed by atoms with Gasteiger partial charge in [0.1, 0.15) is 24.0 Å². The molecule has 0 fully saturated rings. The Morgan fingerprint density at radius 2 is 2.24 bits per heavy atom. The van der Waals surface area contributed by atoms with Gasteiger partial charge in [-0.3, -0.25) is 4.68 Å². The first-order valence-corrected chi connectivity index (χ1v) is 5.30. The summed E-state index contributed by atoms with van der Waals surface area (Å²) in [7, 11) is 1.77. The zero-order valence-electron chi connectivity index (χ0n) is 9.15. The number of hydrogen-bond acceptors (Lipinski definition) is 3. The summed E-state index contributed by atoms with van der Waals surface area (Å²) in [5, 5.41) is 4.02. The standard InChI is InChI=1S/C11H11ClFN3O/c1-16-7(4-11(14)15-16)6-17-8-2-3-10(13)9(12)5-8/h2-5H,6H2,1H3,(H2,14,15). The van der Waals surface area contributed by atoms with Crippen molar-refractivity contribution in [3.8, 4) is 5.75 Å². The average molecular weight is 256 g/mol. The van der Waals surface area contributed by atoms with Crippen molar-refractivity contribution < 1.29 is 9.13 Å². The van der Waals surface area contributed by atoms with E-state index in [9.17, 15) is 4.39 Å². The summed E-state index contributed by atoms with van der Waals surface area (Å²) in [6, 6.07) is 5.91. The van der Waals surface area contributed by atoms with Crippen LogP contribution in [0.25, 0.3) is 0 Å². The van der Waals surface area contributed by atoms with Crippen LogP contribution >= 0.6 is 11.6 Å². The fourth-order valence-corrected chi connectivity index (χ4v) is 1.56. The predicted octanol–water partition coefficient (Wildman–Crippen LogP) is 2.37. The molecule has 1 heterocycles. The molecule has 0 atom stereocenters. The van der Waals surface area contributed by atoms with Crippen molar-refractivity contribution in [2.24, 2.45) is 7.05 Å². The minimum atomic E-state index is -0.469. The monoisotopic (exact) mass is 255 g/mol. The summed E-state index contributed by atoms with van der Waals surface area (Å²) in [6.45, 7) is 0.294. The van der Waals surface area contributed by atoms with Crippen LogP contribution in [0.4, 0.5) is 10.2 Å². The van der Waals surface area contributed by atoms with Crippen molar-refractivity contribution in [2.75, 3.05) is 5.73 Å². The number of nitrogens with two attached hydrogens (primary N) is 1. The number of anilines is 1. The molecule has 0 saturated carbocycles. The van der Waals surface area contributed by atoms with Crippen LogP contribution in [0, 0.1) is 5.82 Å². The van der Waals surface area contributed by atoms with Gasteiger partial charge in [0.2, 0.25) is 0 Å². The number of nitrogens with zero attached hydrogens (tertiary/aromatic N) is 2. The molecule has 4 nitrogen and oxygen atoms in total. The van der Waals surface area contributed by atoms with Crippen molar-refractivity contribution in [1.82, 2.24) is 9.78 Å². The average Bonchev–Trinajstić information content (AvgIpc) is 2.59. The molecule has 0 saturated heterocycles. The van der Waals surface area contributed by atoms with Gasteiger partial charge >= 0.3 is 0 Å². The number of ether oxygens (including phenoxy) is 1. The van der Waals surface area contributed by atoms with E-state index in [1.54, 1.807) is 17.8 Å². The Bertz CT molecular complexity index is 542. The van der Waals surface area contributed by atoms with Crippen molar-refractivity contribution in [3.05, 3.63) is 40.8 Å². The number of aryl methyl sites for hydroxylation is 1. The normalized spacial score (nSPS) is 10.5. The Kier molecular flexibility index (Phi) is 3.19. The van der Waals surface area contributed by atoms with Crippen molar-refractivity contribution in [2.45, 2.75) is 6.61 Å². The molecule has 1 aromatic heterocycles. The maximum Gasteiger partial charge on any atom is 0.145 e. The summed E-state index contributed by atoms with van der Waals surface area (Å²) in [5.41, 5.74) is 6.36. The molecule has 0 radical (unpaired) electrons. The lowest BCUT2D eigenvalue weighted by Crippen LogP contribution is -2.03. The summed E-state index contributed by atoms with van der Waals surface area (Å²) < 4.78 is 20.0. The lowest BCUT2D eigenvalue weighted by molar-refractivity contribution is 0.294. The Labute approximate surface area is 103 Å². The maximum atomic E-state index is 12.9. The van der Waals surface area contributed by atoms with Crippen molar-refractivity contribution in [3.63, 3.8) is 0 Å². The van der Waals surface area contributed by atoms with Gasteiger partial charge in [-0.25, -0.2) is 4.39 Å². The number of halogens is 2. The summed E-state index contributed by atoms with van der Waals surface area (Å²) >= 11 is 5.64. The molecule has 2 rings (SSSR count). The third-order valence-corrected chi connectivity index (χ3v) is 2.56. The molecule has 2 N–H and O–H groups in total.